The lowest BCUT2D eigenvalue weighted by Crippen LogP contribution is -2.10. The highest BCUT2D eigenvalue weighted by Gasteiger charge is 2.21. The number of rotatable bonds is 7. The molecule has 2 rings (SSSR count). The molecule has 0 aromatic heterocycles. The number of unbranched alkanes of at least 4 members (excludes halogenated alkanes) is 1. The molecule has 1 aromatic rings. The van der Waals surface area contributed by atoms with Gasteiger partial charge in [-0.05, 0) is 35.8 Å². The second-order valence-electron chi connectivity index (χ2n) is 6.43. The molecule has 0 bridgehead atoms. The van der Waals surface area contributed by atoms with Gasteiger partial charge in [0.05, 0.1) is 13.2 Å². The van der Waals surface area contributed by atoms with E-state index in [-0.39, 0.29) is 5.41 Å². The van der Waals surface area contributed by atoms with Gasteiger partial charge in [0.25, 0.3) is 0 Å². The monoisotopic (exact) mass is 262 g/mol. The first-order valence-corrected chi connectivity index (χ1v) is 7.34. The van der Waals surface area contributed by atoms with Crippen molar-refractivity contribution in [3.63, 3.8) is 0 Å². The van der Waals surface area contributed by atoms with Crippen LogP contribution in [-0.4, -0.2) is 25.9 Å². The highest BCUT2D eigenvalue weighted by Crippen LogP contribution is 2.22. The molecule has 1 aliphatic rings. The summed E-state index contributed by atoms with van der Waals surface area (Å²) in [7, 11) is 0. The Labute approximate surface area is 117 Å². The molecule has 2 nitrogen and oxygen atoms in total. The van der Waals surface area contributed by atoms with Crippen molar-refractivity contribution in [1.82, 2.24) is 0 Å². The van der Waals surface area contributed by atoms with Crippen molar-refractivity contribution in [3.8, 4) is 0 Å². The van der Waals surface area contributed by atoms with E-state index in [0.29, 0.717) is 6.10 Å². The highest BCUT2D eigenvalue weighted by molar-refractivity contribution is 5.27. The zero-order valence-corrected chi connectivity index (χ0v) is 12.4. The van der Waals surface area contributed by atoms with E-state index in [9.17, 15) is 0 Å². The Hall–Kier alpha value is -0.860. The van der Waals surface area contributed by atoms with E-state index in [1.165, 1.54) is 17.5 Å². The minimum Gasteiger partial charge on any atom is -0.379 e. The van der Waals surface area contributed by atoms with Crippen LogP contribution in [0.5, 0.6) is 0 Å². The summed E-state index contributed by atoms with van der Waals surface area (Å²) in [6.07, 6.45) is 3.87. The fourth-order valence-electron chi connectivity index (χ4n) is 2.08. The van der Waals surface area contributed by atoms with Crippen LogP contribution in [0.3, 0.4) is 0 Å². The maximum absolute atomic E-state index is 5.53. The van der Waals surface area contributed by atoms with Crippen molar-refractivity contribution in [2.24, 2.45) is 0 Å². The topological polar surface area (TPSA) is 21.8 Å². The van der Waals surface area contributed by atoms with Crippen molar-refractivity contribution in [3.05, 3.63) is 35.4 Å². The van der Waals surface area contributed by atoms with Crippen LogP contribution in [0.15, 0.2) is 24.3 Å². The predicted molar refractivity (Wildman–Crippen MR) is 78.6 cm³/mol. The van der Waals surface area contributed by atoms with Crippen molar-refractivity contribution in [2.75, 3.05) is 19.8 Å². The number of ether oxygens (including phenoxy) is 2. The third-order valence-corrected chi connectivity index (χ3v) is 3.53. The maximum atomic E-state index is 5.53. The van der Waals surface area contributed by atoms with Crippen LogP contribution in [0.4, 0.5) is 0 Å². The fourth-order valence-corrected chi connectivity index (χ4v) is 2.08. The average molecular weight is 262 g/mol. The average Bonchev–Trinajstić information content (AvgIpc) is 3.17. The summed E-state index contributed by atoms with van der Waals surface area (Å²) < 4.78 is 10.6. The van der Waals surface area contributed by atoms with Crippen LogP contribution in [0.2, 0.25) is 0 Å². The summed E-state index contributed by atoms with van der Waals surface area (Å²) >= 11 is 0. The van der Waals surface area contributed by atoms with Crippen LogP contribution in [0.1, 0.15) is 44.7 Å². The quantitative estimate of drug-likeness (QED) is 0.552. The van der Waals surface area contributed by atoms with Gasteiger partial charge in [-0.2, -0.15) is 0 Å². The van der Waals surface area contributed by atoms with Gasteiger partial charge < -0.3 is 9.47 Å². The summed E-state index contributed by atoms with van der Waals surface area (Å²) in [5, 5.41) is 0. The molecule has 2 heteroatoms. The molecule has 0 radical (unpaired) electrons. The van der Waals surface area contributed by atoms with Gasteiger partial charge >= 0.3 is 0 Å². The fraction of sp³-hybridized carbons (Fsp3) is 0.647. The number of benzene rings is 1. The van der Waals surface area contributed by atoms with E-state index < -0.39 is 0 Å². The third-order valence-electron chi connectivity index (χ3n) is 3.53. The summed E-state index contributed by atoms with van der Waals surface area (Å²) in [5.41, 5.74) is 3.08. The van der Waals surface area contributed by atoms with Crippen LogP contribution in [0.25, 0.3) is 0 Å². The van der Waals surface area contributed by atoms with Crippen molar-refractivity contribution in [2.45, 2.75) is 51.6 Å². The smallest absolute Gasteiger partial charge is 0.104 e. The summed E-state index contributed by atoms with van der Waals surface area (Å²) in [6, 6.07) is 9.05. The summed E-state index contributed by atoms with van der Waals surface area (Å²) in [6.45, 7) is 9.29. The molecule has 1 saturated heterocycles. The molecule has 0 amide bonds. The summed E-state index contributed by atoms with van der Waals surface area (Å²) in [4.78, 5) is 0. The zero-order chi connectivity index (χ0) is 13.7. The Morgan fingerprint density at radius 1 is 1.16 bits per heavy atom. The number of hydrogen-bond donors (Lipinski definition) is 0. The van der Waals surface area contributed by atoms with E-state index in [2.05, 4.69) is 45.0 Å². The van der Waals surface area contributed by atoms with E-state index in [1.54, 1.807) is 0 Å². The highest BCUT2D eigenvalue weighted by atomic mass is 16.6. The second kappa shape index (κ2) is 6.53. The first kappa shape index (κ1) is 14.5. The second-order valence-corrected chi connectivity index (χ2v) is 6.43. The van der Waals surface area contributed by atoms with Gasteiger partial charge in [-0.3, -0.25) is 0 Å². The summed E-state index contributed by atoms with van der Waals surface area (Å²) in [5.74, 6) is 0. The lowest BCUT2D eigenvalue weighted by molar-refractivity contribution is 0.113. The van der Waals surface area contributed by atoms with Crippen LogP contribution < -0.4 is 0 Å². The van der Waals surface area contributed by atoms with Crippen LogP contribution in [0, 0.1) is 0 Å². The van der Waals surface area contributed by atoms with E-state index in [0.717, 1.165) is 32.7 Å². The Bertz CT molecular complexity index is 371. The zero-order valence-electron chi connectivity index (χ0n) is 12.4. The van der Waals surface area contributed by atoms with Gasteiger partial charge in [0.2, 0.25) is 0 Å². The Morgan fingerprint density at radius 2 is 1.84 bits per heavy atom. The van der Waals surface area contributed by atoms with E-state index in [1.807, 2.05) is 0 Å². The predicted octanol–water partition coefficient (Wildman–Crippen LogP) is 3.72. The maximum Gasteiger partial charge on any atom is 0.104 e. The van der Waals surface area contributed by atoms with Crippen molar-refractivity contribution < 1.29 is 9.47 Å². The van der Waals surface area contributed by atoms with Crippen molar-refractivity contribution >= 4 is 0 Å². The van der Waals surface area contributed by atoms with Gasteiger partial charge in [0, 0.05) is 6.61 Å². The van der Waals surface area contributed by atoms with E-state index >= 15 is 0 Å². The Balaban J connectivity index is 1.62. The number of epoxide rings is 1. The van der Waals surface area contributed by atoms with Gasteiger partial charge in [0.15, 0.2) is 0 Å². The molecule has 1 unspecified atom stereocenters. The van der Waals surface area contributed by atoms with Gasteiger partial charge in [0.1, 0.15) is 6.10 Å². The molecular formula is C17H26O2. The van der Waals surface area contributed by atoms with Gasteiger partial charge in [-0.15, -0.1) is 0 Å². The molecule has 1 heterocycles. The first-order valence-electron chi connectivity index (χ1n) is 7.34. The molecule has 19 heavy (non-hydrogen) atoms. The molecule has 0 spiro atoms. The number of aryl methyl sites for hydroxylation is 1. The minimum absolute atomic E-state index is 0.247. The lowest BCUT2D eigenvalue weighted by Gasteiger charge is -2.19. The standard InChI is InChI=1S/C17H26O2/c1-17(2,3)15-9-7-14(8-10-15)6-4-5-11-18-12-16-13-19-16/h7-10,16H,4-6,11-13H2,1-3H3. The van der Waals surface area contributed by atoms with Crippen LogP contribution in [-0.2, 0) is 21.3 Å². The van der Waals surface area contributed by atoms with E-state index in [4.69, 9.17) is 9.47 Å². The molecular weight excluding hydrogens is 236 g/mol. The SMILES string of the molecule is CC(C)(C)c1ccc(CCCCOCC2CO2)cc1. The van der Waals surface area contributed by atoms with Gasteiger partial charge in [-0.1, -0.05) is 45.0 Å². The molecule has 0 saturated carbocycles. The lowest BCUT2D eigenvalue weighted by atomic mass is 9.86. The van der Waals surface area contributed by atoms with Crippen LogP contribution >= 0.6 is 0 Å². The molecule has 106 valence electrons. The van der Waals surface area contributed by atoms with Gasteiger partial charge in [-0.25, -0.2) is 0 Å². The molecule has 0 N–H and O–H groups in total. The van der Waals surface area contributed by atoms with Crippen molar-refractivity contribution in [1.29, 1.82) is 0 Å². The molecule has 0 aliphatic carbocycles. The first-order chi connectivity index (χ1) is 9.05. The largest absolute Gasteiger partial charge is 0.379 e. The molecule has 1 aromatic carbocycles. The minimum atomic E-state index is 0.247. The normalized spacial score (nSPS) is 18.6. The number of hydrogen-bond acceptors (Lipinski definition) is 2. The molecule has 1 atom stereocenters. The Kier molecular flexibility index (Phi) is 5.00. The third kappa shape index (κ3) is 5.33. The molecule has 1 fully saturated rings. The molecule has 1 aliphatic heterocycles. The Morgan fingerprint density at radius 3 is 2.42 bits per heavy atom.